The average Bonchev–Trinajstić information content (AvgIpc) is 3.39. The Morgan fingerprint density at radius 3 is 2.45 bits per heavy atom. The number of aromatic carboxylic acids is 1. The van der Waals surface area contributed by atoms with E-state index < -0.39 is 23.9 Å². The molecule has 11 heteroatoms. The van der Waals surface area contributed by atoms with Crippen LogP contribution in [0.15, 0.2) is 59.4 Å². The molecule has 1 N–H and O–H groups in total. The second-order valence-corrected chi connectivity index (χ2v) is 9.28. The van der Waals surface area contributed by atoms with Gasteiger partial charge >= 0.3 is 12.1 Å². The largest absolute Gasteiger partial charge is 0.478 e. The van der Waals surface area contributed by atoms with Crippen molar-refractivity contribution in [2.75, 3.05) is 0 Å². The molecule has 5 aromatic rings. The number of carboxylic acid groups (broad SMARTS) is 1. The van der Waals surface area contributed by atoms with Gasteiger partial charge in [0.25, 0.3) is 0 Å². The fraction of sp³-hybridized carbons (Fsp3) is 0.185. The second kappa shape index (κ2) is 9.29. The Morgan fingerprint density at radius 2 is 1.84 bits per heavy atom. The van der Waals surface area contributed by atoms with Crippen molar-refractivity contribution in [1.29, 1.82) is 0 Å². The van der Waals surface area contributed by atoms with Crippen molar-refractivity contribution in [1.82, 2.24) is 19.7 Å². The number of nitrogens with zero attached hydrogens (tertiary/aromatic N) is 4. The molecule has 0 saturated heterocycles. The number of carbonyl (C=O) groups is 1. The van der Waals surface area contributed by atoms with Gasteiger partial charge in [-0.15, -0.1) is 0 Å². The van der Waals surface area contributed by atoms with Gasteiger partial charge in [-0.2, -0.15) is 13.2 Å². The summed E-state index contributed by atoms with van der Waals surface area (Å²) in [5.74, 6) is -0.821. The minimum atomic E-state index is -4.84. The zero-order valence-corrected chi connectivity index (χ0v) is 21.1. The quantitative estimate of drug-likeness (QED) is 0.250. The maximum atomic E-state index is 14.9. The van der Waals surface area contributed by atoms with Gasteiger partial charge in [-0.3, -0.25) is 9.97 Å². The summed E-state index contributed by atoms with van der Waals surface area (Å²) in [6, 6.07) is 9.41. The highest BCUT2D eigenvalue weighted by Crippen LogP contribution is 2.46. The van der Waals surface area contributed by atoms with E-state index >= 15 is 0 Å². The summed E-state index contributed by atoms with van der Waals surface area (Å²) in [5, 5.41) is 13.5. The highest BCUT2D eigenvalue weighted by molar-refractivity contribution is 6.31. The number of hydrogen-bond acceptors (Lipinski definition) is 5. The van der Waals surface area contributed by atoms with E-state index in [-0.39, 0.29) is 32.7 Å². The van der Waals surface area contributed by atoms with E-state index in [0.717, 1.165) is 10.6 Å². The van der Waals surface area contributed by atoms with Gasteiger partial charge in [0.1, 0.15) is 11.5 Å². The number of aromatic nitrogens is 4. The fourth-order valence-corrected chi connectivity index (χ4v) is 5.02. The van der Waals surface area contributed by atoms with Crippen LogP contribution in [0.25, 0.3) is 33.3 Å². The second-order valence-electron chi connectivity index (χ2n) is 8.85. The van der Waals surface area contributed by atoms with Crippen LogP contribution in [0.2, 0.25) is 5.02 Å². The van der Waals surface area contributed by atoms with Crippen molar-refractivity contribution in [2.45, 2.75) is 33.0 Å². The Labute approximate surface area is 219 Å². The lowest BCUT2D eigenvalue weighted by Gasteiger charge is -2.21. The number of benzene rings is 1. The van der Waals surface area contributed by atoms with Crippen LogP contribution in [-0.2, 0) is 6.18 Å². The molecule has 194 valence electrons. The molecule has 0 fully saturated rings. The van der Waals surface area contributed by atoms with Gasteiger partial charge in [0.2, 0.25) is 0 Å². The number of alkyl halides is 3. The molecule has 0 saturated carbocycles. The third-order valence-electron chi connectivity index (χ3n) is 6.37. The number of aryl methyl sites for hydroxylation is 2. The van der Waals surface area contributed by atoms with E-state index in [1.165, 1.54) is 24.5 Å². The molecule has 0 bridgehead atoms. The SMILES string of the molecule is Cc1noc(C)c1-c1cnc2c(-c3cc(Cl)cc(C(=O)O)c3)c(C(F)(F)F)n(C(C)c3ccccn3)c2c1. The lowest BCUT2D eigenvalue weighted by molar-refractivity contribution is -0.143. The average molecular weight is 541 g/mol. The third-order valence-corrected chi connectivity index (χ3v) is 6.59. The van der Waals surface area contributed by atoms with Crippen LogP contribution in [0.5, 0.6) is 0 Å². The first-order valence-electron chi connectivity index (χ1n) is 11.5. The zero-order valence-electron chi connectivity index (χ0n) is 20.3. The van der Waals surface area contributed by atoms with Crippen molar-refractivity contribution < 1.29 is 27.6 Å². The fourth-order valence-electron chi connectivity index (χ4n) is 4.78. The van der Waals surface area contributed by atoms with Crippen LogP contribution in [-0.4, -0.2) is 30.8 Å². The van der Waals surface area contributed by atoms with E-state index in [9.17, 15) is 23.1 Å². The number of fused-ring (bicyclic) bond motifs is 1. The maximum Gasteiger partial charge on any atom is 0.432 e. The summed E-state index contributed by atoms with van der Waals surface area (Å²) in [4.78, 5) is 20.5. The Balaban J connectivity index is 1.92. The van der Waals surface area contributed by atoms with E-state index in [1.807, 2.05) is 0 Å². The first kappa shape index (κ1) is 25.5. The highest BCUT2D eigenvalue weighted by Gasteiger charge is 2.42. The van der Waals surface area contributed by atoms with Crippen LogP contribution < -0.4 is 0 Å². The van der Waals surface area contributed by atoms with Crippen LogP contribution >= 0.6 is 11.6 Å². The lowest BCUT2D eigenvalue weighted by atomic mass is 10.0. The van der Waals surface area contributed by atoms with Gasteiger partial charge < -0.3 is 14.2 Å². The summed E-state index contributed by atoms with van der Waals surface area (Å²) in [5.41, 5.74) is 0.816. The molecule has 0 radical (unpaired) electrons. The number of hydrogen-bond donors (Lipinski definition) is 1. The Bertz CT molecular complexity index is 1670. The molecule has 0 aliphatic heterocycles. The van der Waals surface area contributed by atoms with E-state index in [2.05, 4.69) is 15.1 Å². The predicted molar refractivity (Wildman–Crippen MR) is 135 cm³/mol. The van der Waals surface area contributed by atoms with Gasteiger partial charge in [-0.1, -0.05) is 22.8 Å². The van der Waals surface area contributed by atoms with Gasteiger partial charge in [0, 0.05) is 34.1 Å². The first-order chi connectivity index (χ1) is 18.0. The van der Waals surface area contributed by atoms with Crippen molar-refractivity contribution in [3.8, 4) is 22.3 Å². The summed E-state index contributed by atoms with van der Waals surface area (Å²) >= 11 is 6.16. The van der Waals surface area contributed by atoms with Gasteiger partial charge in [0.15, 0.2) is 0 Å². The molecule has 1 unspecified atom stereocenters. The van der Waals surface area contributed by atoms with E-state index in [4.69, 9.17) is 16.1 Å². The Hall–Kier alpha value is -4.18. The summed E-state index contributed by atoms with van der Waals surface area (Å²) in [6.45, 7) is 5.06. The molecule has 5 rings (SSSR count). The molecule has 0 aliphatic carbocycles. The van der Waals surface area contributed by atoms with Crippen molar-refractivity contribution >= 4 is 28.6 Å². The van der Waals surface area contributed by atoms with Crippen molar-refractivity contribution in [3.05, 3.63) is 88.3 Å². The van der Waals surface area contributed by atoms with Crippen LogP contribution in [0.4, 0.5) is 13.2 Å². The minimum absolute atomic E-state index is 0.0148. The standard InChI is InChI=1S/C27H20ClF3N4O3/c1-13-22(15(3)38-34-13)18-11-21-24(33-12-18)23(16-8-17(26(36)37)10-19(28)9-16)25(27(29,30)31)35(21)14(2)20-6-4-5-7-32-20/h4-12,14H,1-3H3,(H,36,37). The molecule has 0 aliphatic rings. The smallest absolute Gasteiger partial charge is 0.432 e. The number of rotatable bonds is 5. The first-order valence-corrected chi connectivity index (χ1v) is 11.8. The van der Waals surface area contributed by atoms with Crippen LogP contribution in [0.3, 0.4) is 0 Å². The molecular weight excluding hydrogens is 521 g/mol. The lowest BCUT2D eigenvalue weighted by Crippen LogP contribution is -2.19. The molecule has 1 atom stereocenters. The molecule has 4 heterocycles. The summed E-state index contributed by atoms with van der Waals surface area (Å²) in [7, 11) is 0. The van der Waals surface area contributed by atoms with E-state index in [0.29, 0.717) is 28.3 Å². The normalized spacial score (nSPS) is 12.7. The molecule has 0 spiro atoms. The van der Waals surface area contributed by atoms with Crippen LogP contribution in [0.1, 0.15) is 46.2 Å². The monoisotopic (exact) mass is 540 g/mol. The highest BCUT2D eigenvalue weighted by atomic mass is 35.5. The predicted octanol–water partition coefficient (Wildman–Crippen LogP) is 7.35. The maximum absolute atomic E-state index is 14.9. The molecule has 1 aromatic carbocycles. The number of pyridine rings is 2. The Morgan fingerprint density at radius 1 is 1.08 bits per heavy atom. The van der Waals surface area contributed by atoms with Gasteiger partial charge in [0.05, 0.1) is 34.0 Å². The topological polar surface area (TPSA) is 94.0 Å². The zero-order chi connectivity index (χ0) is 27.4. The number of carboxylic acids is 1. The molecular formula is C27H20ClF3N4O3. The van der Waals surface area contributed by atoms with Crippen molar-refractivity contribution in [3.63, 3.8) is 0 Å². The van der Waals surface area contributed by atoms with Gasteiger partial charge in [-0.25, -0.2) is 4.79 Å². The Kier molecular flexibility index (Phi) is 6.22. The van der Waals surface area contributed by atoms with Gasteiger partial charge in [-0.05, 0) is 62.7 Å². The summed E-state index contributed by atoms with van der Waals surface area (Å²) < 4.78 is 51.2. The molecule has 38 heavy (non-hydrogen) atoms. The molecule has 7 nitrogen and oxygen atoms in total. The molecule has 0 amide bonds. The van der Waals surface area contributed by atoms with Crippen LogP contribution in [0, 0.1) is 13.8 Å². The third kappa shape index (κ3) is 4.30. The molecule has 4 aromatic heterocycles. The number of halogens is 4. The van der Waals surface area contributed by atoms with Crippen molar-refractivity contribution in [2.24, 2.45) is 0 Å². The summed E-state index contributed by atoms with van der Waals surface area (Å²) in [6.07, 6.45) is -1.87. The minimum Gasteiger partial charge on any atom is -0.478 e. The van der Waals surface area contributed by atoms with E-state index in [1.54, 1.807) is 45.0 Å².